The Morgan fingerprint density at radius 3 is 2.43 bits per heavy atom. The van der Waals surface area contributed by atoms with Crippen molar-refractivity contribution in [2.45, 2.75) is 32.9 Å². The molecule has 1 aromatic rings. The van der Waals surface area contributed by atoms with Gasteiger partial charge in [0.25, 0.3) is 0 Å². The smallest absolute Gasteiger partial charge is 0.123 e. The highest BCUT2D eigenvalue weighted by Gasteiger charge is 2.12. The standard InChI is InChI=1S/C17H30N2O2/c1-6-9-19(11-10-18(3)4)13-16-12-15(14(2)20)7-8-17(16)21-5/h7-8,12,14,20H,6,9-11,13H2,1-5H3. The minimum absolute atomic E-state index is 0.448. The van der Waals surface area contributed by atoms with E-state index in [9.17, 15) is 5.11 Å². The summed E-state index contributed by atoms with van der Waals surface area (Å²) in [6, 6.07) is 5.94. The molecule has 0 fully saturated rings. The van der Waals surface area contributed by atoms with Gasteiger partial charge < -0.3 is 14.7 Å². The summed E-state index contributed by atoms with van der Waals surface area (Å²) in [6.45, 7) is 7.98. The highest BCUT2D eigenvalue weighted by molar-refractivity contribution is 5.38. The van der Waals surface area contributed by atoms with Gasteiger partial charge in [-0.2, -0.15) is 0 Å². The molecule has 1 atom stereocenters. The van der Waals surface area contributed by atoms with Gasteiger partial charge in [-0.1, -0.05) is 13.0 Å². The van der Waals surface area contributed by atoms with Crippen molar-refractivity contribution < 1.29 is 9.84 Å². The van der Waals surface area contributed by atoms with Crippen LogP contribution in [0.4, 0.5) is 0 Å². The molecule has 1 N–H and O–H groups in total. The maximum atomic E-state index is 9.76. The van der Waals surface area contributed by atoms with Gasteiger partial charge in [-0.15, -0.1) is 0 Å². The topological polar surface area (TPSA) is 35.9 Å². The molecule has 21 heavy (non-hydrogen) atoms. The molecular weight excluding hydrogens is 264 g/mol. The van der Waals surface area contributed by atoms with Crippen molar-refractivity contribution in [3.05, 3.63) is 29.3 Å². The van der Waals surface area contributed by atoms with Crippen LogP contribution in [0.2, 0.25) is 0 Å². The number of hydrogen-bond acceptors (Lipinski definition) is 4. The summed E-state index contributed by atoms with van der Waals surface area (Å²) in [6.07, 6.45) is 0.683. The molecule has 0 aliphatic rings. The van der Waals surface area contributed by atoms with Crippen molar-refractivity contribution in [3.8, 4) is 5.75 Å². The van der Waals surface area contributed by atoms with E-state index in [1.807, 2.05) is 12.1 Å². The molecule has 1 unspecified atom stereocenters. The molecule has 0 saturated carbocycles. The van der Waals surface area contributed by atoms with E-state index in [-0.39, 0.29) is 0 Å². The Morgan fingerprint density at radius 2 is 1.90 bits per heavy atom. The number of nitrogens with zero attached hydrogens (tertiary/aromatic N) is 2. The fourth-order valence-corrected chi connectivity index (χ4v) is 2.35. The maximum Gasteiger partial charge on any atom is 0.123 e. The van der Waals surface area contributed by atoms with E-state index < -0.39 is 6.10 Å². The van der Waals surface area contributed by atoms with Crippen LogP contribution in [-0.4, -0.2) is 55.7 Å². The summed E-state index contributed by atoms with van der Waals surface area (Å²) in [5, 5.41) is 9.76. The van der Waals surface area contributed by atoms with Gasteiger partial charge in [0.15, 0.2) is 0 Å². The summed E-state index contributed by atoms with van der Waals surface area (Å²) in [7, 11) is 5.89. The molecule has 0 aliphatic heterocycles. The molecular formula is C17H30N2O2. The first-order valence-corrected chi connectivity index (χ1v) is 7.69. The molecule has 4 nitrogen and oxygen atoms in total. The van der Waals surface area contributed by atoms with E-state index in [2.05, 4.69) is 36.9 Å². The van der Waals surface area contributed by atoms with Crippen molar-refractivity contribution in [1.29, 1.82) is 0 Å². The molecule has 0 saturated heterocycles. The lowest BCUT2D eigenvalue weighted by Gasteiger charge is -2.25. The molecule has 0 radical (unpaired) electrons. The summed E-state index contributed by atoms with van der Waals surface area (Å²) in [4.78, 5) is 4.63. The number of likely N-dealkylation sites (N-methyl/N-ethyl adjacent to an activating group) is 1. The van der Waals surface area contributed by atoms with Gasteiger partial charge >= 0.3 is 0 Å². The number of ether oxygens (including phenoxy) is 1. The Labute approximate surface area is 129 Å². The third-order valence-electron chi connectivity index (χ3n) is 3.58. The molecule has 0 bridgehead atoms. The van der Waals surface area contributed by atoms with Crippen LogP contribution < -0.4 is 4.74 Å². The lowest BCUT2D eigenvalue weighted by Crippen LogP contribution is -2.32. The Morgan fingerprint density at radius 1 is 1.19 bits per heavy atom. The van der Waals surface area contributed by atoms with Gasteiger partial charge in [-0.05, 0) is 51.7 Å². The van der Waals surface area contributed by atoms with E-state index in [0.717, 1.165) is 49.5 Å². The zero-order chi connectivity index (χ0) is 15.8. The van der Waals surface area contributed by atoms with E-state index in [0.29, 0.717) is 0 Å². The van der Waals surface area contributed by atoms with E-state index in [1.54, 1.807) is 14.0 Å². The van der Waals surface area contributed by atoms with E-state index in [4.69, 9.17) is 4.74 Å². The molecule has 0 heterocycles. The first-order chi connectivity index (χ1) is 9.97. The van der Waals surface area contributed by atoms with Crippen molar-refractivity contribution >= 4 is 0 Å². The highest BCUT2D eigenvalue weighted by Crippen LogP contribution is 2.24. The highest BCUT2D eigenvalue weighted by atomic mass is 16.5. The number of hydrogen-bond donors (Lipinski definition) is 1. The molecule has 120 valence electrons. The zero-order valence-electron chi connectivity index (χ0n) is 14.1. The number of aliphatic hydroxyl groups is 1. The number of rotatable bonds is 9. The van der Waals surface area contributed by atoms with Gasteiger partial charge in [-0.25, -0.2) is 0 Å². The second kappa shape index (κ2) is 9.03. The van der Waals surface area contributed by atoms with Crippen LogP contribution in [0.25, 0.3) is 0 Å². The number of benzene rings is 1. The maximum absolute atomic E-state index is 9.76. The van der Waals surface area contributed by atoms with Crippen molar-refractivity contribution in [1.82, 2.24) is 9.80 Å². The lowest BCUT2D eigenvalue weighted by molar-refractivity contribution is 0.198. The van der Waals surface area contributed by atoms with E-state index in [1.165, 1.54) is 0 Å². The summed E-state index contributed by atoms with van der Waals surface area (Å²) >= 11 is 0. The van der Waals surface area contributed by atoms with Crippen LogP contribution in [0.5, 0.6) is 5.75 Å². The molecule has 4 heteroatoms. The van der Waals surface area contributed by atoms with Crippen LogP contribution in [0, 0.1) is 0 Å². The largest absolute Gasteiger partial charge is 0.496 e. The van der Waals surface area contributed by atoms with Crippen molar-refractivity contribution in [3.63, 3.8) is 0 Å². The van der Waals surface area contributed by atoms with Gasteiger partial charge in [0, 0.05) is 25.2 Å². The van der Waals surface area contributed by atoms with Gasteiger partial charge in [0.05, 0.1) is 13.2 Å². The SMILES string of the molecule is CCCN(CCN(C)C)Cc1cc(C(C)O)ccc1OC. The van der Waals surface area contributed by atoms with Crippen LogP contribution in [0.3, 0.4) is 0 Å². The van der Waals surface area contributed by atoms with E-state index >= 15 is 0 Å². The predicted octanol–water partition coefficient (Wildman–Crippen LogP) is 2.52. The van der Waals surface area contributed by atoms with Gasteiger partial charge in [0.1, 0.15) is 5.75 Å². The fraction of sp³-hybridized carbons (Fsp3) is 0.647. The third kappa shape index (κ3) is 6.04. The lowest BCUT2D eigenvalue weighted by atomic mass is 10.1. The first-order valence-electron chi connectivity index (χ1n) is 7.69. The van der Waals surface area contributed by atoms with Crippen molar-refractivity contribution in [2.75, 3.05) is 40.8 Å². The van der Waals surface area contributed by atoms with Crippen LogP contribution >= 0.6 is 0 Å². The second-order valence-corrected chi connectivity index (χ2v) is 5.83. The van der Waals surface area contributed by atoms with Gasteiger partial charge in [-0.3, -0.25) is 4.90 Å². The Kier molecular flexibility index (Phi) is 7.72. The van der Waals surface area contributed by atoms with Gasteiger partial charge in [0.2, 0.25) is 0 Å². The quantitative estimate of drug-likeness (QED) is 0.759. The fourth-order valence-electron chi connectivity index (χ4n) is 2.35. The summed E-state index contributed by atoms with van der Waals surface area (Å²) < 4.78 is 5.47. The first kappa shape index (κ1) is 18.0. The predicted molar refractivity (Wildman–Crippen MR) is 87.7 cm³/mol. The average molecular weight is 294 g/mol. The second-order valence-electron chi connectivity index (χ2n) is 5.83. The molecule has 0 spiro atoms. The molecule has 1 aromatic carbocycles. The molecule has 1 rings (SSSR count). The monoisotopic (exact) mass is 294 g/mol. The van der Waals surface area contributed by atoms with Crippen LogP contribution in [0.15, 0.2) is 18.2 Å². The zero-order valence-corrected chi connectivity index (χ0v) is 14.1. The Hall–Kier alpha value is -1.10. The number of methoxy groups -OCH3 is 1. The molecule has 0 amide bonds. The molecule has 0 aliphatic carbocycles. The van der Waals surface area contributed by atoms with Crippen LogP contribution in [-0.2, 0) is 6.54 Å². The Bertz CT molecular complexity index is 419. The minimum Gasteiger partial charge on any atom is -0.496 e. The summed E-state index contributed by atoms with van der Waals surface area (Å²) in [5.74, 6) is 0.894. The van der Waals surface area contributed by atoms with Crippen molar-refractivity contribution in [2.24, 2.45) is 0 Å². The Balaban J connectivity index is 2.86. The minimum atomic E-state index is -0.448. The average Bonchev–Trinajstić information content (AvgIpc) is 2.44. The summed E-state index contributed by atoms with van der Waals surface area (Å²) in [5.41, 5.74) is 2.08. The normalized spacial score (nSPS) is 13.0. The van der Waals surface area contributed by atoms with Crippen LogP contribution in [0.1, 0.15) is 37.5 Å². The molecule has 0 aromatic heterocycles. The third-order valence-corrected chi connectivity index (χ3v) is 3.58. The number of aliphatic hydroxyl groups excluding tert-OH is 1.